The standard InChI is InChI=1S/C15H21NO5/c1-11(16-15(17)10-19-6-5-18-2)12-3-4-13-14(9-12)21-8-7-20-13/h3-4,9,11H,5-8,10H2,1-2H3,(H,16,17). The van der Waals surface area contributed by atoms with Gasteiger partial charge in [-0.1, -0.05) is 6.07 Å². The van der Waals surface area contributed by atoms with E-state index >= 15 is 0 Å². The summed E-state index contributed by atoms with van der Waals surface area (Å²) in [7, 11) is 1.59. The number of ether oxygens (including phenoxy) is 4. The Balaban J connectivity index is 1.85. The van der Waals surface area contributed by atoms with E-state index in [1.165, 1.54) is 0 Å². The van der Waals surface area contributed by atoms with E-state index in [1.54, 1.807) is 7.11 Å². The molecule has 1 aromatic carbocycles. The van der Waals surface area contributed by atoms with E-state index in [1.807, 2.05) is 25.1 Å². The molecule has 1 aliphatic rings. The molecular formula is C15H21NO5. The molecule has 1 aliphatic heterocycles. The van der Waals surface area contributed by atoms with Crippen molar-refractivity contribution >= 4 is 5.91 Å². The smallest absolute Gasteiger partial charge is 0.246 e. The second-order valence-corrected chi connectivity index (χ2v) is 4.74. The number of benzene rings is 1. The van der Waals surface area contributed by atoms with Gasteiger partial charge < -0.3 is 24.3 Å². The van der Waals surface area contributed by atoms with Gasteiger partial charge in [0.2, 0.25) is 5.91 Å². The second kappa shape index (κ2) is 7.85. The number of nitrogens with one attached hydrogen (secondary N) is 1. The number of rotatable bonds is 7. The zero-order valence-corrected chi connectivity index (χ0v) is 12.4. The largest absolute Gasteiger partial charge is 0.486 e. The van der Waals surface area contributed by atoms with E-state index in [9.17, 15) is 4.79 Å². The Morgan fingerprint density at radius 3 is 2.81 bits per heavy atom. The fourth-order valence-corrected chi connectivity index (χ4v) is 2.00. The van der Waals surface area contributed by atoms with Crippen molar-refractivity contribution in [3.8, 4) is 11.5 Å². The molecule has 1 heterocycles. The van der Waals surface area contributed by atoms with Crippen LogP contribution in [0.4, 0.5) is 0 Å². The van der Waals surface area contributed by atoms with Crippen molar-refractivity contribution in [2.24, 2.45) is 0 Å². The van der Waals surface area contributed by atoms with Crippen molar-refractivity contribution in [3.05, 3.63) is 23.8 Å². The van der Waals surface area contributed by atoms with Crippen molar-refractivity contribution in [3.63, 3.8) is 0 Å². The first-order valence-electron chi connectivity index (χ1n) is 6.96. The zero-order valence-electron chi connectivity index (χ0n) is 12.4. The van der Waals surface area contributed by atoms with Crippen LogP contribution in [0.5, 0.6) is 11.5 Å². The minimum atomic E-state index is -0.159. The average Bonchev–Trinajstić information content (AvgIpc) is 2.51. The third-order valence-electron chi connectivity index (χ3n) is 3.11. The summed E-state index contributed by atoms with van der Waals surface area (Å²) in [5, 5.41) is 2.88. The maximum absolute atomic E-state index is 11.7. The summed E-state index contributed by atoms with van der Waals surface area (Å²) in [6, 6.07) is 5.55. The van der Waals surface area contributed by atoms with Crippen molar-refractivity contribution < 1.29 is 23.7 Å². The Morgan fingerprint density at radius 2 is 2.05 bits per heavy atom. The lowest BCUT2D eigenvalue weighted by molar-refractivity contribution is -0.126. The molecule has 2 rings (SSSR count). The van der Waals surface area contributed by atoms with Crippen molar-refractivity contribution in [1.82, 2.24) is 5.32 Å². The first-order chi connectivity index (χ1) is 10.2. The highest BCUT2D eigenvalue weighted by molar-refractivity contribution is 5.77. The molecule has 116 valence electrons. The molecule has 0 saturated heterocycles. The topological polar surface area (TPSA) is 66.0 Å². The molecule has 0 saturated carbocycles. The Bertz CT molecular complexity index is 477. The van der Waals surface area contributed by atoms with Gasteiger partial charge in [-0.2, -0.15) is 0 Å². The van der Waals surface area contributed by atoms with Crippen molar-refractivity contribution in [1.29, 1.82) is 0 Å². The molecule has 1 amide bonds. The Morgan fingerprint density at radius 1 is 1.29 bits per heavy atom. The van der Waals surface area contributed by atoms with Gasteiger partial charge >= 0.3 is 0 Å². The van der Waals surface area contributed by atoms with Gasteiger partial charge in [0, 0.05) is 7.11 Å². The molecule has 21 heavy (non-hydrogen) atoms. The second-order valence-electron chi connectivity index (χ2n) is 4.74. The predicted octanol–water partition coefficient (Wildman–Crippen LogP) is 1.30. The molecule has 0 fully saturated rings. The first-order valence-corrected chi connectivity index (χ1v) is 6.96. The van der Waals surface area contributed by atoms with Gasteiger partial charge in [0.15, 0.2) is 11.5 Å². The number of hydrogen-bond donors (Lipinski definition) is 1. The molecule has 0 spiro atoms. The summed E-state index contributed by atoms with van der Waals surface area (Å²) >= 11 is 0. The van der Waals surface area contributed by atoms with E-state index < -0.39 is 0 Å². The van der Waals surface area contributed by atoms with E-state index in [2.05, 4.69) is 5.32 Å². The van der Waals surface area contributed by atoms with Crippen LogP contribution in [0.3, 0.4) is 0 Å². The molecule has 1 aromatic rings. The lowest BCUT2D eigenvalue weighted by Gasteiger charge is -2.21. The lowest BCUT2D eigenvalue weighted by atomic mass is 10.1. The summed E-state index contributed by atoms with van der Waals surface area (Å²) in [5.74, 6) is 1.30. The molecule has 0 radical (unpaired) electrons. The number of hydrogen-bond acceptors (Lipinski definition) is 5. The monoisotopic (exact) mass is 295 g/mol. The van der Waals surface area contributed by atoms with Gasteiger partial charge in [0.1, 0.15) is 19.8 Å². The Hall–Kier alpha value is -1.79. The maximum Gasteiger partial charge on any atom is 0.246 e. The SMILES string of the molecule is COCCOCC(=O)NC(C)c1ccc2c(c1)OCCO2. The minimum absolute atomic E-state index is 0.0260. The van der Waals surface area contributed by atoms with Crippen LogP contribution in [0.15, 0.2) is 18.2 Å². The molecule has 6 heteroatoms. The quantitative estimate of drug-likeness (QED) is 0.768. The predicted molar refractivity (Wildman–Crippen MR) is 76.7 cm³/mol. The number of methoxy groups -OCH3 is 1. The third kappa shape index (κ3) is 4.61. The van der Waals surface area contributed by atoms with E-state index in [4.69, 9.17) is 18.9 Å². The fraction of sp³-hybridized carbons (Fsp3) is 0.533. The highest BCUT2D eigenvalue weighted by atomic mass is 16.6. The van der Waals surface area contributed by atoms with Crippen molar-refractivity contribution in [2.75, 3.05) is 40.1 Å². The lowest BCUT2D eigenvalue weighted by Crippen LogP contribution is -2.30. The summed E-state index contributed by atoms with van der Waals surface area (Å²) in [5.41, 5.74) is 0.962. The summed E-state index contributed by atoms with van der Waals surface area (Å²) < 4.78 is 21.0. The molecule has 6 nitrogen and oxygen atoms in total. The van der Waals surface area contributed by atoms with E-state index in [0.717, 1.165) is 17.1 Å². The van der Waals surface area contributed by atoms with E-state index in [0.29, 0.717) is 26.4 Å². The summed E-state index contributed by atoms with van der Waals surface area (Å²) in [6.45, 7) is 3.94. The highest BCUT2D eigenvalue weighted by Crippen LogP contribution is 2.32. The number of carbonyl (C=O) groups is 1. The Kier molecular flexibility index (Phi) is 5.83. The van der Waals surface area contributed by atoms with Gasteiger partial charge in [-0.15, -0.1) is 0 Å². The number of amides is 1. The molecule has 1 N–H and O–H groups in total. The molecule has 0 aromatic heterocycles. The van der Waals surface area contributed by atoms with Gasteiger partial charge in [-0.05, 0) is 24.6 Å². The number of fused-ring (bicyclic) bond motifs is 1. The number of carbonyl (C=O) groups excluding carboxylic acids is 1. The maximum atomic E-state index is 11.7. The van der Waals surface area contributed by atoms with Gasteiger partial charge in [0.05, 0.1) is 19.3 Å². The summed E-state index contributed by atoms with van der Waals surface area (Å²) in [6.07, 6.45) is 0. The van der Waals surface area contributed by atoms with Crippen LogP contribution in [0.25, 0.3) is 0 Å². The fourth-order valence-electron chi connectivity index (χ4n) is 2.00. The molecule has 1 unspecified atom stereocenters. The van der Waals surface area contributed by atoms with Crippen LogP contribution in [0.2, 0.25) is 0 Å². The van der Waals surface area contributed by atoms with Crippen LogP contribution in [-0.4, -0.2) is 46.1 Å². The van der Waals surface area contributed by atoms with Crippen LogP contribution in [0.1, 0.15) is 18.5 Å². The van der Waals surface area contributed by atoms with E-state index in [-0.39, 0.29) is 18.6 Å². The van der Waals surface area contributed by atoms with Gasteiger partial charge in [-0.3, -0.25) is 4.79 Å². The molecular weight excluding hydrogens is 274 g/mol. The van der Waals surface area contributed by atoms with Crippen LogP contribution < -0.4 is 14.8 Å². The molecule has 0 aliphatic carbocycles. The third-order valence-corrected chi connectivity index (χ3v) is 3.11. The van der Waals surface area contributed by atoms with Gasteiger partial charge in [-0.25, -0.2) is 0 Å². The van der Waals surface area contributed by atoms with Crippen LogP contribution in [0, 0.1) is 0 Å². The minimum Gasteiger partial charge on any atom is -0.486 e. The summed E-state index contributed by atoms with van der Waals surface area (Å²) in [4.78, 5) is 11.7. The molecule has 0 bridgehead atoms. The highest BCUT2D eigenvalue weighted by Gasteiger charge is 2.15. The van der Waals surface area contributed by atoms with Gasteiger partial charge in [0.25, 0.3) is 0 Å². The zero-order chi connectivity index (χ0) is 15.1. The molecule has 1 atom stereocenters. The first kappa shape index (κ1) is 15.6. The normalized spacial score (nSPS) is 14.6. The van der Waals surface area contributed by atoms with Crippen molar-refractivity contribution in [2.45, 2.75) is 13.0 Å². The van der Waals surface area contributed by atoms with Crippen LogP contribution in [-0.2, 0) is 14.3 Å². The van der Waals surface area contributed by atoms with Crippen LogP contribution >= 0.6 is 0 Å². The Labute approximate surface area is 124 Å². The average molecular weight is 295 g/mol.